The van der Waals surface area contributed by atoms with E-state index in [1.54, 1.807) is 36.2 Å². The highest BCUT2D eigenvalue weighted by Gasteiger charge is 2.11. The average molecular weight is 335 g/mol. The van der Waals surface area contributed by atoms with Crippen LogP contribution in [0.1, 0.15) is 22.3 Å². The van der Waals surface area contributed by atoms with Crippen molar-refractivity contribution in [1.29, 1.82) is 0 Å². The second kappa shape index (κ2) is 9.06. The number of carbonyl (C=O) groups excluding carboxylic acids is 1. The number of amides is 1. The maximum absolute atomic E-state index is 12.2. The van der Waals surface area contributed by atoms with E-state index in [0.29, 0.717) is 24.4 Å². The molecule has 0 aliphatic heterocycles. The Morgan fingerprint density at radius 2 is 1.78 bits per heavy atom. The third-order valence-electron chi connectivity index (χ3n) is 3.49. The summed E-state index contributed by atoms with van der Waals surface area (Å²) in [4.78, 5) is 13.9. The molecule has 0 aliphatic rings. The summed E-state index contributed by atoms with van der Waals surface area (Å²) < 4.78 is 5.73. The number of halogens is 1. The van der Waals surface area contributed by atoms with Crippen molar-refractivity contribution < 1.29 is 9.53 Å². The molecule has 0 radical (unpaired) electrons. The van der Waals surface area contributed by atoms with Crippen LogP contribution < -0.4 is 10.5 Å². The number of nitrogen functional groups attached to an aromatic ring is 1. The number of carbonyl (C=O) groups is 1. The van der Waals surface area contributed by atoms with Crippen LogP contribution in [-0.2, 0) is 0 Å². The summed E-state index contributed by atoms with van der Waals surface area (Å²) >= 11 is 0. The van der Waals surface area contributed by atoms with Crippen LogP contribution >= 0.6 is 12.4 Å². The van der Waals surface area contributed by atoms with Gasteiger partial charge in [0.15, 0.2) is 0 Å². The highest BCUT2D eigenvalue weighted by Crippen LogP contribution is 2.16. The lowest BCUT2D eigenvalue weighted by molar-refractivity contribution is 0.0788. The second-order valence-electron chi connectivity index (χ2n) is 5.32. The minimum absolute atomic E-state index is 0. The van der Waals surface area contributed by atoms with Gasteiger partial charge in [-0.05, 0) is 49.2 Å². The van der Waals surface area contributed by atoms with E-state index in [0.717, 1.165) is 17.7 Å². The standard InChI is InChI=1S/C18H22N2O2.ClH/c1-14-6-3-4-7-17(14)22-13-5-12-20(2)18(21)15-8-10-16(19)11-9-15;/h3-4,6-11H,5,12-13,19H2,1-2H3;1H. The largest absolute Gasteiger partial charge is 0.493 e. The van der Waals surface area contributed by atoms with Gasteiger partial charge in [-0.2, -0.15) is 0 Å². The Morgan fingerprint density at radius 3 is 2.43 bits per heavy atom. The zero-order valence-corrected chi connectivity index (χ0v) is 14.3. The molecule has 2 aromatic rings. The molecule has 0 saturated heterocycles. The molecule has 0 heterocycles. The van der Waals surface area contributed by atoms with Crippen LogP contribution in [0.4, 0.5) is 5.69 Å². The maximum atomic E-state index is 12.2. The van der Waals surface area contributed by atoms with Gasteiger partial charge in [0.1, 0.15) is 5.75 Å². The molecule has 0 aliphatic carbocycles. The number of hydrogen-bond acceptors (Lipinski definition) is 3. The molecule has 23 heavy (non-hydrogen) atoms. The molecule has 2 N–H and O–H groups in total. The molecule has 1 amide bonds. The predicted molar refractivity (Wildman–Crippen MR) is 96.4 cm³/mol. The Hall–Kier alpha value is -2.20. The first kappa shape index (κ1) is 18.8. The lowest BCUT2D eigenvalue weighted by Crippen LogP contribution is -2.28. The van der Waals surface area contributed by atoms with Gasteiger partial charge in [0.05, 0.1) is 6.61 Å². The van der Waals surface area contributed by atoms with E-state index in [1.807, 2.05) is 31.2 Å². The van der Waals surface area contributed by atoms with Gasteiger partial charge in [-0.15, -0.1) is 12.4 Å². The lowest BCUT2D eigenvalue weighted by atomic mass is 10.2. The first-order valence-electron chi connectivity index (χ1n) is 7.37. The quantitative estimate of drug-likeness (QED) is 0.649. The molecule has 0 spiro atoms. The number of benzene rings is 2. The summed E-state index contributed by atoms with van der Waals surface area (Å²) in [7, 11) is 1.80. The van der Waals surface area contributed by atoms with Gasteiger partial charge in [0.2, 0.25) is 0 Å². The van der Waals surface area contributed by atoms with Gasteiger partial charge >= 0.3 is 0 Å². The third kappa shape index (κ3) is 5.49. The van der Waals surface area contributed by atoms with Gasteiger partial charge in [-0.3, -0.25) is 4.79 Å². The van der Waals surface area contributed by atoms with Crippen molar-refractivity contribution in [3.63, 3.8) is 0 Å². The van der Waals surface area contributed by atoms with Crippen molar-refractivity contribution >= 4 is 24.0 Å². The summed E-state index contributed by atoms with van der Waals surface area (Å²) in [6.07, 6.45) is 0.783. The van der Waals surface area contributed by atoms with E-state index in [9.17, 15) is 4.79 Å². The first-order chi connectivity index (χ1) is 10.6. The normalized spacial score (nSPS) is 9.83. The van der Waals surface area contributed by atoms with E-state index in [1.165, 1.54) is 0 Å². The molecule has 0 aromatic heterocycles. The van der Waals surface area contributed by atoms with Gasteiger partial charge in [-0.25, -0.2) is 0 Å². The number of aryl methyl sites for hydroxylation is 1. The van der Waals surface area contributed by atoms with Crippen molar-refractivity contribution in [2.75, 3.05) is 25.9 Å². The number of para-hydroxylation sites is 1. The van der Waals surface area contributed by atoms with Gasteiger partial charge < -0.3 is 15.4 Å². The second-order valence-corrected chi connectivity index (χ2v) is 5.32. The molecule has 5 heteroatoms. The molecule has 4 nitrogen and oxygen atoms in total. The van der Waals surface area contributed by atoms with Crippen molar-refractivity contribution in [3.8, 4) is 5.75 Å². The third-order valence-corrected chi connectivity index (χ3v) is 3.49. The molecule has 2 aromatic carbocycles. The smallest absolute Gasteiger partial charge is 0.253 e. The molecule has 0 bridgehead atoms. The van der Waals surface area contributed by atoms with E-state index in [2.05, 4.69) is 0 Å². The number of hydrogen-bond donors (Lipinski definition) is 1. The Labute approximate surface area is 143 Å². The van der Waals surface area contributed by atoms with Crippen molar-refractivity contribution in [1.82, 2.24) is 4.90 Å². The fourth-order valence-electron chi connectivity index (χ4n) is 2.15. The van der Waals surface area contributed by atoms with Crippen LogP contribution in [0.15, 0.2) is 48.5 Å². The summed E-state index contributed by atoms with van der Waals surface area (Å²) in [5.41, 5.74) is 8.05. The van der Waals surface area contributed by atoms with Gasteiger partial charge in [0, 0.05) is 24.8 Å². The summed E-state index contributed by atoms with van der Waals surface area (Å²) in [6.45, 7) is 3.26. The van der Waals surface area contributed by atoms with Crippen LogP contribution in [0.5, 0.6) is 5.75 Å². The van der Waals surface area contributed by atoms with Crippen LogP contribution in [-0.4, -0.2) is 31.0 Å². The Bertz CT molecular complexity index is 629. The molecular formula is C18H23ClN2O2. The van der Waals surface area contributed by atoms with Crippen LogP contribution in [0.25, 0.3) is 0 Å². The van der Waals surface area contributed by atoms with Gasteiger partial charge in [-0.1, -0.05) is 18.2 Å². The van der Waals surface area contributed by atoms with Gasteiger partial charge in [0.25, 0.3) is 5.91 Å². The summed E-state index contributed by atoms with van der Waals surface area (Å²) in [6, 6.07) is 14.9. The number of anilines is 1. The average Bonchev–Trinajstić information content (AvgIpc) is 2.53. The molecule has 0 fully saturated rings. The van der Waals surface area contributed by atoms with Crippen molar-refractivity contribution in [2.24, 2.45) is 0 Å². The van der Waals surface area contributed by atoms with E-state index in [4.69, 9.17) is 10.5 Å². The predicted octanol–water partition coefficient (Wildman–Crippen LogP) is 3.54. The number of nitrogens with two attached hydrogens (primary N) is 1. The minimum Gasteiger partial charge on any atom is -0.493 e. The molecule has 0 saturated carbocycles. The maximum Gasteiger partial charge on any atom is 0.253 e. The first-order valence-corrected chi connectivity index (χ1v) is 7.37. The Kier molecular flexibility index (Phi) is 7.42. The Balaban J connectivity index is 0.00000264. The molecule has 124 valence electrons. The Morgan fingerprint density at radius 1 is 1.13 bits per heavy atom. The van der Waals surface area contributed by atoms with Crippen molar-refractivity contribution in [3.05, 3.63) is 59.7 Å². The van der Waals surface area contributed by atoms with E-state index in [-0.39, 0.29) is 18.3 Å². The van der Waals surface area contributed by atoms with Crippen LogP contribution in [0.2, 0.25) is 0 Å². The highest BCUT2D eigenvalue weighted by atomic mass is 35.5. The van der Waals surface area contributed by atoms with Crippen LogP contribution in [0, 0.1) is 6.92 Å². The topological polar surface area (TPSA) is 55.6 Å². The fourth-order valence-corrected chi connectivity index (χ4v) is 2.15. The molecule has 2 rings (SSSR count). The van der Waals surface area contributed by atoms with Crippen LogP contribution in [0.3, 0.4) is 0 Å². The van der Waals surface area contributed by atoms with Crippen molar-refractivity contribution in [2.45, 2.75) is 13.3 Å². The number of nitrogens with zero attached hydrogens (tertiary/aromatic N) is 1. The molecular weight excluding hydrogens is 312 g/mol. The highest BCUT2D eigenvalue weighted by molar-refractivity contribution is 5.94. The SMILES string of the molecule is Cc1ccccc1OCCCN(C)C(=O)c1ccc(N)cc1.Cl. The van der Waals surface area contributed by atoms with E-state index >= 15 is 0 Å². The lowest BCUT2D eigenvalue weighted by Gasteiger charge is -2.17. The summed E-state index contributed by atoms with van der Waals surface area (Å²) in [5, 5.41) is 0. The minimum atomic E-state index is -0.00380. The fraction of sp³-hybridized carbons (Fsp3) is 0.278. The number of ether oxygens (including phenoxy) is 1. The van der Waals surface area contributed by atoms with E-state index < -0.39 is 0 Å². The number of rotatable bonds is 6. The zero-order chi connectivity index (χ0) is 15.9. The monoisotopic (exact) mass is 334 g/mol. The summed E-state index contributed by atoms with van der Waals surface area (Å²) in [5.74, 6) is 0.894. The zero-order valence-electron chi connectivity index (χ0n) is 13.5. The molecule has 0 atom stereocenters. The molecule has 0 unspecified atom stereocenters.